The van der Waals surface area contributed by atoms with Gasteiger partial charge in [0, 0.05) is 4.47 Å². The molecule has 0 bridgehead atoms. The third kappa shape index (κ3) is 1.50. The van der Waals surface area contributed by atoms with E-state index in [4.69, 9.17) is 23.2 Å². The normalized spacial score (nSPS) is 10.5. The molecule has 1 aromatic rings. The van der Waals surface area contributed by atoms with Crippen molar-refractivity contribution < 1.29 is 0 Å². The van der Waals surface area contributed by atoms with E-state index in [0.29, 0.717) is 10.0 Å². The van der Waals surface area contributed by atoms with E-state index in [1.807, 2.05) is 20.8 Å². The highest BCUT2D eigenvalue weighted by atomic mass is 79.9. The average Bonchev–Trinajstić information content (AvgIpc) is 2.08. The average molecular weight is 268 g/mol. The predicted molar refractivity (Wildman–Crippen MR) is 58.4 cm³/mol. The molecule has 0 N–H and O–H groups in total. The van der Waals surface area contributed by atoms with Crippen LogP contribution in [0.4, 0.5) is 0 Å². The van der Waals surface area contributed by atoms with Gasteiger partial charge in [-0.3, -0.25) is 0 Å². The van der Waals surface area contributed by atoms with Gasteiger partial charge in [-0.15, -0.1) is 0 Å². The second-order valence-corrected chi connectivity index (χ2v) is 4.37. The van der Waals surface area contributed by atoms with E-state index in [2.05, 4.69) is 15.9 Å². The Labute approximate surface area is 91.0 Å². The van der Waals surface area contributed by atoms with Crippen LogP contribution in [0.2, 0.25) is 10.0 Å². The van der Waals surface area contributed by atoms with Gasteiger partial charge in [-0.05, 0) is 37.5 Å². The third-order valence-corrected chi connectivity index (χ3v) is 4.30. The highest BCUT2D eigenvalue weighted by Crippen LogP contribution is 2.36. The lowest BCUT2D eigenvalue weighted by atomic mass is 10.1. The number of hydrogen-bond donors (Lipinski definition) is 0. The van der Waals surface area contributed by atoms with Crippen LogP contribution in [0.3, 0.4) is 0 Å². The first-order valence-corrected chi connectivity index (χ1v) is 5.12. The first-order chi connectivity index (χ1) is 5.46. The highest BCUT2D eigenvalue weighted by molar-refractivity contribution is 9.10. The van der Waals surface area contributed by atoms with Crippen molar-refractivity contribution in [2.24, 2.45) is 0 Å². The van der Waals surface area contributed by atoms with Crippen LogP contribution in [0, 0.1) is 20.8 Å². The van der Waals surface area contributed by atoms with Gasteiger partial charge in [-0.2, -0.15) is 0 Å². The van der Waals surface area contributed by atoms with Crippen LogP contribution in [-0.2, 0) is 0 Å². The lowest BCUT2D eigenvalue weighted by molar-refractivity contribution is 1.27. The van der Waals surface area contributed by atoms with E-state index >= 15 is 0 Å². The lowest BCUT2D eigenvalue weighted by Crippen LogP contribution is -1.90. The summed E-state index contributed by atoms with van der Waals surface area (Å²) in [5, 5.41) is 1.31. The molecule has 66 valence electrons. The molecule has 1 rings (SSSR count). The monoisotopic (exact) mass is 266 g/mol. The molecular weight excluding hydrogens is 259 g/mol. The van der Waals surface area contributed by atoms with Gasteiger partial charge in [0.1, 0.15) is 0 Å². The fourth-order valence-corrected chi connectivity index (χ4v) is 2.17. The molecule has 0 atom stereocenters. The van der Waals surface area contributed by atoms with Gasteiger partial charge in [0.25, 0.3) is 0 Å². The molecule has 3 heteroatoms. The number of hydrogen-bond acceptors (Lipinski definition) is 0. The molecule has 0 fully saturated rings. The van der Waals surface area contributed by atoms with Crippen LogP contribution in [-0.4, -0.2) is 0 Å². The molecule has 0 saturated carbocycles. The molecule has 0 radical (unpaired) electrons. The Bertz CT molecular complexity index is 227. The fraction of sp³-hybridized carbons (Fsp3) is 0.333. The van der Waals surface area contributed by atoms with Gasteiger partial charge >= 0.3 is 0 Å². The van der Waals surface area contributed by atoms with Crippen LogP contribution in [0.15, 0.2) is 4.47 Å². The van der Waals surface area contributed by atoms with Crippen LogP contribution in [0.25, 0.3) is 0 Å². The minimum atomic E-state index is 0.645. The van der Waals surface area contributed by atoms with Crippen LogP contribution in [0.1, 0.15) is 16.7 Å². The summed E-state index contributed by atoms with van der Waals surface area (Å²) < 4.78 is 1.05. The van der Waals surface area contributed by atoms with Crippen molar-refractivity contribution in [1.82, 2.24) is 0 Å². The highest BCUT2D eigenvalue weighted by Gasteiger charge is 2.12. The third-order valence-electron chi connectivity index (χ3n) is 2.07. The minimum absolute atomic E-state index is 0.645. The summed E-state index contributed by atoms with van der Waals surface area (Å²) in [7, 11) is 0. The molecule has 0 aliphatic rings. The molecule has 0 aromatic heterocycles. The molecule has 1 aromatic carbocycles. The predicted octanol–water partition coefficient (Wildman–Crippen LogP) is 4.68. The van der Waals surface area contributed by atoms with E-state index in [1.54, 1.807) is 0 Å². The van der Waals surface area contributed by atoms with Gasteiger partial charge in [-0.1, -0.05) is 39.1 Å². The van der Waals surface area contributed by atoms with Crippen molar-refractivity contribution in [3.63, 3.8) is 0 Å². The second kappa shape index (κ2) is 3.57. The number of rotatable bonds is 0. The number of halogens is 3. The molecule has 0 spiro atoms. The summed E-state index contributed by atoms with van der Waals surface area (Å²) in [5.41, 5.74) is 3.20. The van der Waals surface area contributed by atoms with Gasteiger partial charge in [0.15, 0.2) is 0 Å². The zero-order valence-corrected chi connectivity index (χ0v) is 10.2. The molecular formula is C9H9BrCl2. The van der Waals surface area contributed by atoms with E-state index in [0.717, 1.165) is 21.2 Å². The summed E-state index contributed by atoms with van der Waals surface area (Å²) in [4.78, 5) is 0. The Kier molecular flexibility index (Phi) is 3.08. The topological polar surface area (TPSA) is 0 Å². The maximum Gasteiger partial charge on any atom is 0.0635 e. The van der Waals surface area contributed by atoms with E-state index < -0.39 is 0 Å². The Balaban J connectivity index is 3.60. The van der Waals surface area contributed by atoms with Crippen molar-refractivity contribution in [2.45, 2.75) is 20.8 Å². The molecule has 0 amide bonds. The summed E-state index contributed by atoms with van der Waals surface area (Å²) in [6.45, 7) is 5.94. The quantitative estimate of drug-likeness (QED) is 0.599. The summed E-state index contributed by atoms with van der Waals surface area (Å²) in [6.07, 6.45) is 0. The van der Waals surface area contributed by atoms with Gasteiger partial charge in [-0.25, -0.2) is 0 Å². The SMILES string of the molecule is Cc1c(C)c(Br)c(C)c(Cl)c1Cl. The zero-order valence-electron chi connectivity index (χ0n) is 7.13. The van der Waals surface area contributed by atoms with Crippen molar-refractivity contribution >= 4 is 39.1 Å². The smallest absolute Gasteiger partial charge is 0.0635 e. The van der Waals surface area contributed by atoms with Crippen molar-refractivity contribution in [2.75, 3.05) is 0 Å². The summed E-state index contributed by atoms with van der Waals surface area (Å²) in [5.74, 6) is 0. The molecule has 0 aliphatic carbocycles. The van der Waals surface area contributed by atoms with Crippen molar-refractivity contribution in [1.29, 1.82) is 0 Å². The summed E-state index contributed by atoms with van der Waals surface area (Å²) >= 11 is 15.5. The van der Waals surface area contributed by atoms with Gasteiger partial charge in [0.2, 0.25) is 0 Å². The Morgan fingerprint density at radius 3 is 1.75 bits per heavy atom. The maximum absolute atomic E-state index is 6.01. The lowest BCUT2D eigenvalue weighted by Gasteiger charge is -2.11. The van der Waals surface area contributed by atoms with E-state index in [-0.39, 0.29) is 0 Å². The van der Waals surface area contributed by atoms with E-state index in [9.17, 15) is 0 Å². The molecule has 0 aliphatic heterocycles. The van der Waals surface area contributed by atoms with Gasteiger partial charge < -0.3 is 0 Å². The molecule has 12 heavy (non-hydrogen) atoms. The zero-order chi connectivity index (χ0) is 9.46. The maximum atomic E-state index is 6.01. The van der Waals surface area contributed by atoms with Crippen molar-refractivity contribution in [3.8, 4) is 0 Å². The first-order valence-electron chi connectivity index (χ1n) is 3.57. The molecule has 0 heterocycles. The largest absolute Gasteiger partial charge is 0.0824 e. The fourth-order valence-electron chi connectivity index (χ4n) is 1.04. The Morgan fingerprint density at radius 1 is 0.833 bits per heavy atom. The molecule has 0 unspecified atom stereocenters. The molecule has 0 nitrogen and oxygen atoms in total. The van der Waals surface area contributed by atoms with Crippen LogP contribution >= 0.6 is 39.1 Å². The number of benzene rings is 1. The standard InChI is InChI=1S/C9H9BrCl2/c1-4-5(2)8(11)9(12)6(3)7(4)10/h1-3H3. The minimum Gasteiger partial charge on any atom is -0.0824 e. The summed E-state index contributed by atoms with van der Waals surface area (Å²) in [6, 6.07) is 0. The second-order valence-electron chi connectivity index (χ2n) is 2.82. The first kappa shape index (κ1) is 10.4. The molecule has 0 saturated heterocycles. The van der Waals surface area contributed by atoms with E-state index in [1.165, 1.54) is 0 Å². The Morgan fingerprint density at radius 2 is 1.25 bits per heavy atom. The Hall–Kier alpha value is 0.280. The van der Waals surface area contributed by atoms with Crippen molar-refractivity contribution in [3.05, 3.63) is 31.2 Å². The van der Waals surface area contributed by atoms with Crippen LogP contribution in [0.5, 0.6) is 0 Å². The van der Waals surface area contributed by atoms with Crippen LogP contribution < -0.4 is 0 Å². The van der Waals surface area contributed by atoms with Gasteiger partial charge in [0.05, 0.1) is 10.0 Å².